The molecule has 0 spiro atoms. The predicted molar refractivity (Wildman–Crippen MR) is 112 cm³/mol. The lowest BCUT2D eigenvalue weighted by Crippen LogP contribution is -2.20. The van der Waals surface area contributed by atoms with Crippen molar-refractivity contribution in [3.63, 3.8) is 0 Å². The zero-order valence-electron chi connectivity index (χ0n) is 16.3. The summed E-state index contributed by atoms with van der Waals surface area (Å²) in [7, 11) is -3.76. The van der Waals surface area contributed by atoms with Crippen molar-refractivity contribution in [2.45, 2.75) is 44.9 Å². The minimum Gasteiger partial charge on any atom is -0.384 e. The molecule has 0 radical (unpaired) electrons. The number of sulfonamides is 1. The van der Waals surface area contributed by atoms with Crippen LogP contribution in [0, 0.1) is 20.8 Å². The number of aromatic amines is 1. The molecule has 0 amide bonds. The Hall–Kier alpha value is -2.31. The van der Waals surface area contributed by atoms with E-state index in [1.54, 1.807) is 6.92 Å². The first-order chi connectivity index (χ1) is 12.7. The Morgan fingerprint density at radius 2 is 1.89 bits per heavy atom. The van der Waals surface area contributed by atoms with Crippen molar-refractivity contribution in [3.05, 3.63) is 58.8 Å². The maximum atomic E-state index is 12.1. The number of aryl methyl sites for hydroxylation is 2. The molecule has 0 saturated carbocycles. The van der Waals surface area contributed by atoms with Gasteiger partial charge in [0.15, 0.2) is 0 Å². The largest absolute Gasteiger partial charge is 0.384 e. The number of nitrogens with two attached hydrogens (primary N) is 1. The molecule has 3 rings (SSSR count). The Labute approximate surface area is 161 Å². The van der Waals surface area contributed by atoms with Crippen LogP contribution in [-0.4, -0.2) is 19.9 Å². The van der Waals surface area contributed by atoms with Crippen LogP contribution in [0.25, 0.3) is 10.9 Å². The number of nitrogens with one attached hydrogen (secondary N) is 2. The average Bonchev–Trinajstić information content (AvgIpc) is 3.05. The van der Waals surface area contributed by atoms with Gasteiger partial charge in [-0.25, -0.2) is 13.6 Å². The Morgan fingerprint density at radius 1 is 1.15 bits per heavy atom. The third-order valence-corrected chi connectivity index (χ3v) is 6.48. The minimum atomic E-state index is -3.76. The molecule has 0 aliphatic heterocycles. The Balaban J connectivity index is 1.98. The van der Waals surface area contributed by atoms with Crippen LogP contribution in [0.4, 0.5) is 5.69 Å². The molecule has 0 saturated heterocycles. The summed E-state index contributed by atoms with van der Waals surface area (Å²) in [6.07, 6.45) is 2.82. The first-order valence-electron chi connectivity index (χ1n) is 9.17. The van der Waals surface area contributed by atoms with Crippen molar-refractivity contribution < 1.29 is 8.42 Å². The van der Waals surface area contributed by atoms with Gasteiger partial charge in [0, 0.05) is 35.2 Å². The highest BCUT2D eigenvalue weighted by Crippen LogP contribution is 2.33. The maximum absolute atomic E-state index is 12.1. The van der Waals surface area contributed by atoms with Crippen LogP contribution in [0.15, 0.2) is 41.4 Å². The van der Waals surface area contributed by atoms with Crippen LogP contribution in [0.2, 0.25) is 0 Å². The number of hydrogen-bond acceptors (Lipinski definition) is 3. The molecule has 0 fully saturated rings. The van der Waals surface area contributed by atoms with E-state index in [1.165, 1.54) is 0 Å². The van der Waals surface area contributed by atoms with Crippen molar-refractivity contribution in [2.75, 3.05) is 11.9 Å². The summed E-state index contributed by atoms with van der Waals surface area (Å²) in [5.74, 6) is 0.181. The van der Waals surface area contributed by atoms with Gasteiger partial charge in [0.05, 0.1) is 4.90 Å². The van der Waals surface area contributed by atoms with E-state index in [0.29, 0.717) is 5.56 Å². The fraction of sp³-hybridized carbons (Fsp3) is 0.333. The van der Waals surface area contributed by atoms with E-state index >= 15 is 0 Å². The van der Waals surface area contributed by atoms with Gasteiger partial charge in [-0.05, 0) is 67.6 Å². The first kappa shape index (κ1) is 19.5. The fourth-order valence-electron chi connectivity index (χ4n) is 4.17. The second-order valence-electron chi connectivity index (χ2n) is 7.15. The van der Waals surface area contributed by atoms with Crippen molar-refractivity contribution in [2.24, 2.45) is 5.14 Å². The molecular weight excluding hydrogens is 358 g/mol. The molecular formula is C21H27N3O2S. The second kappa shape index (κ2) is 7.37. The lowest BCUT2D eigenvalue weighted by molar-refractivity contribution is 0.595. The normalized spacial score (nSPS) is 13.1. The second-order valence-corrected chi connectivity index (χ2v) is 8.65. The Kier molecular flexibility index (Phi) is 5.31. The SMILES string of the molecule is CC[C@H](CNc1cccc2[nH]ccc12)c1c(C)cc(C)c(S(N)(=O)=O)c1C. The van der Waals surface area contributed by atoms with Crippen LogP contribution in [0.5, 0.6) is 0 Å². The van der Waals surface area contributed by atoms with Crippen LogP contribution in [0.3, 0.4) is 0 Å². The van der Waals surface area contributed by atoms with Crippen LogP contribution in [0.1, 0.15) is 41.5 Å². The monoisotopic (exact) mass is 385 g/mol. The van der Waals surface area contributed by atoms with E-state index in [-0.39, 0.29) is 10.8 Å². The third kappa shape index (κ3) is 3.73. The summed E-state index contributed by atoms with van der Waals surface area (Å²) in [5, 5.41) is 10.2. The van der Waals surface area contributed by atoms with E-state index in [9.17, 15) is 8.42 Å². The van der Waals surface area contributed by atoms with Crippen molar-refractivity contribution in [3.8, 4) is 0 Å². The van der Waals surface area contributed by atoms with Crippen molar-refractivity contribution in [1.82, 2.24) is 4.98 Å². The third-order valence-electron chi connectivity index (χ3n) is 5.28. The molecule has 1 heterocycles. The lowest BCUT2D eigenvalue weighted by atomic mass is 9.87. The molecule has 144 valence electrons. The van der Waals surface area contributed by atoms with E-state index in [1.807, 2.05) is 38.2 Å². The molecule has 3 aromatic rings. The summed E-state index contributed by atoms with van der Waals surface area (Å²) in [5.41, 5.74) is 5.81. The van der Waals surface area contributed by atoms with Crippen LogP contribution < -0.4 is 10.5 Å². The molecule has 5 nitrogen and oxygen atoms in total. The topological polar surface area (TPSA) is 88.0 Å². The van der Waals surface area contributed by atoms with Gasteiger partial charge in [-0.2, -0.15) is 0 Å². The number of anilines is 1. The zero-order valence-corrected chi connectivity index (χ0v) is 17.1. The zero-order chi connectivity index (χ0) is 19.8. The van der Waals surface area contributed by atoms with Crippen LogP contribution in [-0.2, 0) is 10.0 Å². The van der Waals surface area contributed by atoms with E-state index in [2.05, 4.69) is 29.4 Å². The number of fused-ring (bicyclic) bond motifs is 1. The number of H-pyrrole nitrogens is 1. The van der Waals surface area contributed by atoms with Crippen LogP contribution >= 0.6 is 0 Å². The average molecular weight is 386 g/mol. The van der Waals surface area contributed by atoms with Gasteiger partial charge in [0.25, 0.3) is 0 Å². The maximum Gasteiger partial charge on any atom is 0.238 e. The summed E-state index contributed by atoms with van der Waals surface area (Å²) >= 11 is 0. The molecule has 1 aromatic heterocycles. The number of benzene rings is 2. The molecule has 0 aliphatic carbocycles. The standard InChI is InChI=1S/C21H27N3O2S/c1-5-16(12-24-19-8-6-7-18-17(19)9-10-23-18)20-13(2)11-14(3)21(15(20)4)27(22,25)26/h6-11,16,23-24H,5,12H2,1-4H3,(H2,22,25,26)/t16-/m1/s1. The smallest absolute Gasteiger partial charge is 0.238 e. The Morgan fingerprint density at radius 3 is 2.56 bits per heavy atom. The molecule has 0 unspecified atom stereocenters. The fourth-order valence-corrected chi connectivity index (χ4v) is 5.22. The highest BCUT2D eigenvalue weighted by molar-refractivity contribution is 7.89. The quantitative estimate of drug-likeness (QED) is 0.589. The minimum absolute atomic E-state index is 0.181. The molecule has 6 heteroatoms. The van der Waals surface area contributed by atoms with Crippen molar-refractivity contribution in [1.29, 1.82) is 0 Å². The number of hydrogen-bond donors (Lipinski definition) is 3. The number of rotatable bonds is 6. The summed E-state index contributed by atoms with van der Waals surface area (Å²) < 4.78 is 24.2. The Bertz CT molecular complexity index is 1080. The highest BCUT2D eigenvalue weighted by Gasteiger charge is 2.23. The summed E-state index contributed by atoms with van der Waals surface area (Å²) in [6, 6.07) is 10.1. The summed E-state index contributed by atoms with van der Waals surface area (Å²) in [4.78, 5) is 3.48. The number of primary sulfonamides is 1. The summed E-state index contributed by atoms with van der Waals surface area (Å²) in [6.45, 7) is 8.55. The van der Waals surface area contributed by atoms with Gasteiger partial charge in [-0.1, -0.05) is 19.1 Å². The molecule has 2 aromatic carbocycles. The molecule has 0 bridgehead atoms. The van der Waals surface area contributed by atoms with Gasteiger partial charge >= 0.3 is 0 Å². The molecule has 4 N–H and O–H groups in total. The highest BCUT2D eigenvalue weighted by atomic mass is 32.2. The molecule has 27 heavy (non-hydrogen) atoms. The molecule has 1 atom stereocenters. The predicted octanol–water partition coefficient (Wildman–Crippen LogP) is 4.35. The number of aromatic nitrogens is 1. The van der Waals surface area contributed by atoms with Gasteiger partial charge in [-0.3, -0.25) is 0 Å². The van der Waals surface area contributed by atoms with E-state index in [0.717, 1.165) is 46.2 Å². The van der Waals surface area contributed by atoms with E-state index < -0.39 is 10.0 Å². The first-order valence-corrected chi connectivity index (χ1v) is 10.7. The van der Waals surface area contributed by atoms with E-state index in [4.69, 9.17) is 5.14 Å². The van der Waals surface area contributed by atoms with Gasteiger partial charge in [0.1, 0.15) is 0 Å². The van der Waals surface area contributed by atoms with Gasteiger partial charge < -0.3 is 10.3 Å². The molecule has 0 aliphatic rings. The lowest BCUT2D eigenvalue weighted by Gasteiger charge is -2.24. The van der Waals surface area contributed by atoms with Gasteiger partial charge in [-0.15, -0.1) is 0 Å². The van der Waals surface area contributed by atoms with Crippen molar-refractivity contribution >= 4 is 26.6 Å². The van der Waals surface area contributed by atoms with Gasteiger partial charge in [0.2, 0.25) is 10.0 Å².